The van der Waals surface area contributed by atoms with Gasteiger partial charge >= 0.3 is 5.97 Å². The number of rotatable bonds is 7. The Hall–Kier alpha value is -1.73. The minimum absolute atomic E-state index is 0.00806. The number of sulfone groups is 1. The molecule has 1 aromatic carbocycles. The second-order valence-electron chi connectivity index (χ2n) is 4.05. The summed E-state index contributed by atoms with van der Waals surface area (Å²) in [7, 11) is -2.32. The molecule has 7 heteroatoms. The Morgan fingerprint density at radius 3 is 2.20 bits per heavy atom. The Morgan fingerprint density at radius 2 is 1.70 bits per heavy atom. The molecule has 0 aromatic heterocycles. The molecule has 0 aliphatic rings. The summed E-state index contributed by atoms with van der Waals surface area (Å²) in [6, 6.07) is 5.42. The van der Waals surface area contributed by atoms with Crippen molar-refractivity contribution in [3.63, 3.8) is 0 Å². The van der Waals surface area contributed by atoms with Gasteiger partial charge in [0.1, 0.15) is 6.61 Å². The van der Waals surface area contributed by atoms with Crippen molar-refractivity contribution in [3.05, 3.63) is 29.8 Å². The van der Waals surface area contributed by atoms with Gasteiger partial charge < -0.3 is 9.47 Å². The van der Waals surface area contributed by atoms with Crippen molar-refractivity contribution in [2.24, 2.45) is 0 Å². The van der Waals surface area contributed by atoms with E-state index in [0.717, 1.165) is 0 Å². The van der Waals surface area contributed by atoms with Crippen LogP contribution in [0.5, 0.6) is 0 Å². The Balaban J connectivity index is 2.73. The zero-order chi connectivity index (χ0) is 15.2. The van der Waals surface area contributed by atoms with Crippen LogP contribution in [-0.2, 0) is 24.1 Å². The minimum atomic E-state index is -3.77. The monoisotopic (exact) mass is 300 g/mol. The molecule has 0 aliphatic carbocycles. The third-order valence-electron chi connectivity index (χ3n) is 2.48. The Morgan fingerprint density at radius 1 is 1.10 bits per heavy atom. The number of esters is 1. The van der Waals surface area contributed by atoms with Crippen LogP contribution in [0.4, 0.5) is 0 Å². The highest BCUT2D eigenvalue weighted by Gasteiger charge is 2.20. The third-order valence-corrected chi connectivity index (χ3v) is 4.08. The summed E-state index contributed by atoms with van der Waals surface area (Å²) in [5.74, 6) is -1.73. The molecule has 1 rings (SSSR count). The van der Waals surface area contributed by atoms with E-state index in [1.54, 1.807) is 0 Å². The van der Waals surface area contributed by atoms with E-state index in [9.17, 15) is 18.0 Å². The summed E-state index contributed by atoms with van der Waals surface area (Å²) in [6.45, 7) is 1.60. The van der Waals surface area contributed by atoms with E-state index in [2.05, 4.69) is 4.74 Å². The molecule has 0 heterocycles. The van der Waals surface area contributed by atoms with Crippen molar-refractivity contribution in [2.75, 3.05) is 26.1 Å². The zero-order valence-corrected chi connectivity index (χ0v) is 12.1. The first-order valence-electron chi connectivity index (χ1n) is 5.85. The van der Waals surface area contributed by atoms with Crippen LogP contribution in [0, 0.1) is 0 Å². The van der Waals surface area contributed by atoms with E-state index in [0.29, 0.717) is 5.56 Å². The second kappa shape index (κ2) is 7.16. The van der Waals surface area contributed by atoms with Gasteiger partial charge in [0.2, 0.25) is 0 Å². The molecule has 0 atom stereocenters. The molecule has 6 nitrogen and oxygen atoms in total. The summed E-state index contributed by atoms with van der Waals surface area (Å²) in [5, 5.41) is 0. The largest absolute Gasteiger partial charge is 0.462 e. The lowest BCUT2D eigenvalue weighted by molar-refractivity contribution is -0.141. The number of carbonyl (C=O) groups excluding carboxylic acids is 2. The van der Waals surface area contributed by atoms with Crippen LogP contribution < -0.4 is 0 Å². The summed E-state index contributed by atoms with van der Waals surface area (Å²) in [6.07, 6.45) is 0. The van der Waals surface area contributed by atoms with Crippen molar-refractivity contribution in [2.45, 2.75) is 11.8 Å². The molecular formula is C13H16O6S. The van der Waals surface area contributed by atoms with Crippen LogP contribution in [-0.4, -0.2) is 46.2 Å². The minimum Gasteiger partial charge on any atom is -0.462 e. The van der Waals surface area contributed by atoms with E-state index >= 15 is 0 Å². The van der Waals surface area contributed by atoms with Gasteiger partial charge in [-0.2, -0.15) is 0 Å². The predicted molar refractivity (Wildman–Crippen MR) is 71.3 cm³/mol. The van der Waals surface area contributed by atoms with E-state index in [1.807, 2.05) is 0 Å². The molecule has 0 bridgehead atoms. The number of ketones is 1. The van der Waals surface area contributed by atoms with Crippen molar-refractivity contribution in [3.8, 4) is 0 Å². The van der Waals surface area contributed by atoms with Gasteiger partial charge in [0.15, 0.2) is 21.4 Å². The number of hydrogen-bond acceptors (Lipinski definition) is 6. The molecule has 0 saturated heterocycles. The fraction of sp³-hybridized carbons (Fsp3) is 0.385. The second-order valence-corrected chi connectivity index (χ2v) is 6.04. The van der Waals surface area contributed by atoms with Crippen molar-refractivity contribution in [1.82, 2.24) is 0 Å². The van der Waals surface area contributed by atoms with Gasteiger partial charge in [0.25, 0.3) is 0 Å². The lowest BCUT2D eigenvalue weighted by Gasteiger charge is -2.06. The fourth-order valence-electron chi connectivity index (χ4n) is 1.42. The summed E-state index contributed by atoms with van der Waals surface area (Å²) >= 11 is 0. The SMILES string of the molecule is COCCOC(=O)CS(=O)(=O)c1ccc(C(C)=O)cc1. The van der Waals surface area contributed by atoms with Gasteiger partial charge in [-0.15, -0.1) is 0 Å². The van der Waals surface area contributed by atoms with Crippen LogP contribution in [0.2, 0.25) is 0 Å². The molecular weight excluding hydrogens is 284 g/mol. The van der Waals surface area contributed by atoms with E-state index < -0.39 is 21.6 Å². The smallest absolute Gasteiger partial charge is 0.321 e. The summed E-state index contributed by atoms with van der Waals surface area (Å²) in [5.41, 5.74) is 0.409. The van der Waals surface area contributed by atoms with Gasteiger partial charge in [0.05, 0.1) is 11.5 Å². The molecule has 0 saturated carbocycles. The Kier molecular flexibility index (Phi) is 5.84. The standard InChI is InChI=1S/C13H16O6S/c1-10(14)11-3-5-12(6-4-11)20(16,17)9-13(15)19-8-7-18-2/h3-6H,7-9H2,1-2H3. The van der Waals surface area contributed by atoms with Gasteiger partial charge in [-0.3, -0.25) is 9.59 Å². The fourth-order valence-corrected chi connectivity index (χ4v) is 2.53. The molecule has 0 amide bonds. The van der Waals surface area contributed by atoms with Crippen LogP contribution in [0.25, 0.3) is 0 Å². The first kappa shape index (κ1) is 16.3. The number of methoxy groups -OCH3 is 1. The van der Waals surface area contributed by atoms with Gasteiger partial charge in [-0.25, -0.2) is 8.42 Å². The third kappa shape index (κ3) is 4.75. The van der Waals surface area contributed by atoms with E-state index in [-0.39, 0.29) is 23.9 Å². The molecule has 1 aromatic rings. The molecule has 0 spiro atoms. The van der Waals surface area contributed by atoms with Crippen molar-refractivity contribution < 1.29 is 27.5 Å². The number of hydrogen-bond donors (Lipinski definition) is 0. The number of ether oxygens (including phenoxy) is 2. The van der Waals surface area contributed by atoms with Gasteiger partial charge in [-0.05, 0) is 19.1 Å². The number of carbonyl (C=O) groups is 2. The highest BCUT2D eigenvalue weighted by molar-refractivity contribution is 7.92. The maximum Gasteiger partial charge on any atom is 0.321 e. The van der Waals surface area contributed by atoms with E-state index in [1.165, 1.54) is 38.3 Å². The molecule has 0 radical (unpaired) electrons. The molecule has 0 aliphatic heterocycles. The van der Waals surface area contributed by atoms with Crippen molar-refractivity contribution >= 4 is 21.6 Å². The summed E-state index contributed by atoms with van der Waals surface area (Å²) < 4.78 is 33.3. The van der Waals surface area contributed by atoms with Crippen LogP contribution >= 0.6 is 0 Å². The Bertz CT molecular complexity index is 573. The quantitative estimate of drug-likeness (QED) is 0.421. The molecule has 110 valence electrons. The van der Waals surface area contributed by atoms with Crippen LogP contribution in [0.15, 0.2) is 29.2 Å². The first-order chi connectivity index (χ1) is 9.36. The highest BCUT2D eigenvalue weighted by Crippen LogP contribution is 2.13. The molecule has 20 heavy (non-hydrogen) atoms. The van der Waals surface area contributed by atoms with E-state index in [4.69, 9.17) is 4.74 Å². The maximum absolute atomic E-state index is 11.9. The lowest BCUT2D eigenvalue weighted by Crippen LogP contribution is -2.20. The number of Topliss-reactive ketones (excluding diaryl/α,β-unsaturated/α-hetero) is 1. The highest BCUT2D eigenvalue weighted by atomic mass is 32.2. The Labute approximate surface area is 117 Å². The number of benzene rings is 1. The van der Waals surface area contributed by atoms with Crippen LogP contribution in [0.1, 0.15) is 17.3 Å². The molecule has 0 N–H and O–H groups in total. The topological polar surface area (TPSA) is 86.7 Å². The molecule has 0 unspecified atom stereocenters. The summed E-state index contributed by atoms with van der Waals surface area (Å²) in [4.78, 5) is 22.4. The lowest BCUT2D eigenvalue weighted by atomic mass is 10.2. The maximum atomic E-state index is 11.9. The average Bonchev–Trinajstić information content (AvgIpc) is 2.38. The molecule has 0 fully saturated rings. The van der Waals surface area contributed by atoms with Gasteiger partial charge in [0, 0.05) is 12.7 Å². The average molecular weight is 300 g/mol. The predicted octanol–water partition coefficient (Wildman–Crippen LogP) is 0.852. The van der Waals surface area contributed by atoms with Crippen LogP contribution in [0.3, 0.4) is 0 Å². The zero-order valence-electron chi connectivity index (χ0n) is 11.3. The normalized spacial score (nSPS) is 11.1. The van der Waals surface area contributed by atoms with Crippen molar-refractivity contribution in [1.29, 1.82) is 0 Å². The van der Waals surface area contributed by atoms with Gasteiger partial charge in [-0.1, -0.05) is 12.1 Å². The first-order valence-corrected chi connectivity index (χ1v) is 7.50.